The van der Waals surface area contributed by atoms with Crippen molar-refractivity contribution >= 4 is 27.9 Å². The van der Waals surface area contributed by atoms with E-state index in [1.165, 1.54) is 11.3 Å². The minimum atomic E-state index is -0.233. The predicted molar refractivity (Wildman–Crippen MR) is 81.1 cm³/mol. The maximum atomic E-state index is 11.9. The molecule has 1 aromatic heterocycles. The number of nitrogen functional groups attached to an aromatic ring is 1. The number of anilines is 2. The summed E-state index contributed by atoms with van der Waals surface area (Å²) in [5.41, 5.74) is 6.44. The molecule has 0 radical (unpaired) electrons. The van der Waals surface area contributed by atoms with E-state index in [-0.39, 0.29) is 11.6 Å². The van der Waals surface area contributed by atoms with Crippen molar-refractivity contribution in [2.75, 3.05) is 37.4 Å². The largest absolute Gasteiger partial charge is 0.396 e. The quantitative estimate of drug-likeness (QED) is 0.635. The Morgan fingerprint density at radius 2 is 2.20 bits per heavy atom. The summed E-state index contributed by atoms with van der Waals surface area (Å²) in [6.07, 6.45) is 0.849. The number of nitrogens with one attached hydrogen (secondary N) is 2. The van der Waals surface area contributed by atoms with E-state index in [0.717, 1.165) is 6.42 Å². The summed E-state index contributed by atoms with van der Waals surface area (Å²) in [5.74, 6) is -0.233. The molecule has 0 unspecified atom stereocenters. The molecule has 0 atom stereocenters. The lowest BCUT2D eigenvalue weighted by Crippen LogP contribution is -2.23. The zero-order valence-electron chi connectivity index (χ0n) is 11.8. The molecule has 6 nitrogen and oxygen atoms in total. The van der Waals surface area contributed by atoms with Crippen molar-refractivity contribution in [3.63, 3.8) is 0 Å². The lowest BCUT2D eigenvalue weighted by atomic mass is 10.2. The third kappa shape index (κ3) is 4.11. The molecule has 0 spiro atoms. The summed E-state index contributed by atoms with van der Waals surface area (Å²) in [6.45, 7) is 6.23. The van der Waals surface area contributed by atoms with Gasteiger partial charge in [-0.05, 0) is 13.3 Å². The van der Waals surface area contributed by atoms with Gasteiger partial charge in [-0.25, -0.2) is 0 Å². The number of rotatable bonds is 8. The van der Waals surface area contributed by atoms with Gasteiger partial charge in [0.05, 0.1) is 12.3 Å². The number of thiophene rings is 1. The summed E-state index contributed by atoms with van der Waals surface area (Å²) in [5, 5.41) is 15.6. The highest BCUT2D eigenvalue weighted by Gasteiger charge is 2.20. The van der Waals surface area contributed by atoms with Gasteiger partial charge in [-0.15, -0.1) is 11.3 Å². The van der Waals surface area contributed by atoms with E-state index in [4.69, 9.17) is 15.7 Å². The van der Waals surface area contributed by atoms with Gasteiger partial charge in [0.2, 0.25) is 0 Å². The van der Waals surface area contributed by atoms with Gasteiger partial charge in [-0.1, -0.05) is 6.92 Å². The number of ether oxygens (including phenoxy) is 1. The normalized spacial score (nSPS) is 10.1. The minimum absolute atomic E-state index is 0.233. The van der Waals surface area contributed by atoms with E-state index < -0.39 is 0 Å². The zero-order chi connectivity index (χ0) is 15.0. The Bertz CT molecular complexity index is 493. The van der Waals surface area contributed by atoms with Crippen LogP contribution in [0.15, 0.2) is 0 Å². The Balaban J connectivity index is 2.80. The summed E-state index contributed by atoms with van der Waals surface area (Å²) in [4.78, 5) is 12.3. The number of hydrogen-bond acceptors (Lipinski definition) is 6. The molecule has 4 N–H and O–H groups in total. The fourth-order valence-electron chi connectivity index (χ4n) is 1.55. The number of nitrogens with two attached hydrogens (primary N) is 1. The fraction of sp³-hybridized carbons (Fsp3) is 0.538. The first-order valence-corrected chi connectivity index (χ1v) is 7.39. The molecule has 1 heterocycles. The van der Waals surface area contributed by atoms with Crippen molar-refractivity contribution in [1.29, 1.82) is 5.26 Å². The molecule has 0 bridgehead atoms. The zero-order valence-corrected chi connectivity index (χ0v) is 12.6. The molecule has 0 saturated carbocycles. The van der Waals surface area contributed by atoms with Crippen LogP contribution in [0.5, 0.6) is 0 Å². The highest BCUT2D eigenvalue weighted by molar-refractivity contribution is 7.18. The monoisotopic (exact) mass is 296 g/mol. The van der Waals surface area contributed by atoms with Gasteiger partial charge in [-0.3, -0.25) is 4.79 Å². The number of hydrogen-bond donors (Lipinski definition) is 3. The van der Waals surface area contributed by atoms with Crippen LogP contribution in [-0.4, -0.2) is 32.2 Å². The topological polar surface area (TPSA) is 100 Å². The Morgan fingerprint density at radius 3 is 2.80 bits per heavy atom. The van der Waals surface area contributed by atoms with Crippen LogP contribution in [0.3, 0.4) is 0 Å². The van der Waals surface area contributed by atoms with Gasteiger partial charge >= 0.3 is 0 Å². The number of nitrogens with zero attached hydrogens (tertiary/aromatic N) is 1. The van der Waals surface area contributed by atoms with Crippen LogP contribution < -0.4 is 16.4 Å². The second-order valence-electron chi connectivity index (χ2n) is 4.04. The molecular formula is C13H20N4O2S. The van der Waals surface area contributed by atoms with Crippen LogP contribution in [0.4, 0.5) is 10.7 Å². The van der Waals surface area contributed by atoms with Crippen LogP contribution in [0.1, 0.15) is 35.5 Å². The van der Waals surface area contributed by atoms with E-state index >= 15 is 0 Å². The second kappa shape index (κ2) is 8.40. The minimum Gasteiger partial charge on any atom is -0.396 e. The van der Waals surface area contributed by atoms with E-state index in [1.807, 2.05) is 19.9 Å². The SMILES string of the molecule is CCCNC(=O)c1sc(NCCOCC)c(C#N)c1N. The van der Waals surface area contributed by atoms with E-state index in [9.17, 15) is 4.79 Å². The van der Waals surface area contributed by atoms with Crippen molar-refractivity contribution in [2.45, 2.75) is 20.3 Å². The summed E-state index contributed by atoms with van der Waals surface area (Å²) in [7, 11) is 0. The van der Waals surface area contributed by atoms with Crippen LogP contribution in [0, 0.1) is 11.3 Å². The number of amides is 1. The maximum absolute atomic E-state index is 11.9. The summed E-state index contributed by atoms with van der Waals surface area (Å²) >= 11 is 1.20. The highest BCUT2D eigenvalue weighted by atomic mass is 32.1. The molecule has 1 rings (SSSR count). The molecule has 110 valence electrons. The molecule has 0 saturated heterocycles. The van der Waals surface area contributed by atoms with Crippen molar-refractivity contribution < 1.29 is 9.53 Å². The molecule has 0 aromatic carbocycles. The van der Waals surface area contributed by atoms with E-state index in [1.54, 1.807) is 0 Å². The average Bonchev–Trinajstić information content (AvgIpc) is 2.77. The number of nitriles is 1. The predicted octanol–water partition coefficient (Wildman–Crippen LogP) is 1.79. The van der Waals surface area contributed by atoms with Crippen LogP contribution in [0.25, 0.3) is 0 Å². The molecule has 1 amide bonds. The Kier molecular flexibility index (Phi) is 6.84. The lowest BCUT2D eigenvalue weighted by Gasteiger charge is -2.03. The van der Waals surface area contributed by atoms with Gasteiger partial charge in [0.1, 0.15) is 21.5 Å². The van der Waals surface area contributed by atoms with Crippen LogP contribution >= 0.6 is 11.3 Å². The van der Waals surface area contributed by atoms with Gasteiger partial charge < -0.3 is 21.1 Å². The molecule has 0 aliphatic heterocycles. The Hall–Kier alpha value is -1.78. The lowest BCUT2D eigenvalue weighted by molar-refractivity contribution is 0.0958. The smallest absolute Gasteiger partial charge is 0.263 e. The third-order valence-corrected chi connectivity index (χ3v) is 3.70. The van der Waals surface area contributed by atoms with Gasteiger partial charge in [-0.2, -0.15) is 5.26 Å². The van der Waals surface area contributed by atoms with E-state index in [0.29, 0.717) is 41.7 Å². The molecule has 1 aromatic rings. The molecule has 7 heteroatoms. The van der Waals surface area contributed by atoms with Gasteiger partial charge in [0.25, 0.3) is 5.91 Å². The fourth-order valence-corrected chi connectivity index (χ4v) is 2.56. The molecular weight excluding hydrogens is 276 g/mol. The molecule has 0 aliphatic carbocycles. The first-order chi connectivity index (χ1) is 9.65. The van der Waals surface area contributed by atoms with Crippen molar-refractivity contribution in [1.82, 2.24) is 5.32 Å². The van der Waals surface area contributed by atoms with Crippen molar-refractivity contribution in [3.05, 3.63) is 10.4 Å². The van der Waals surface area contributed by atoms with Gasteiger partial charge in [0.15, 0.2) is 0 Å². The second-order valence-corrected chi connectivity index (χ2v) is 5.06. The molecule has 0 aliphatic rings. The van der Waals surface area contributed by atoms with Crippen molar-refractivity contribution in [2.24, 2.45) is 0 Å². The third-order valence-electron chi connectivity index (χ3n) is 2.53. The van der Waals surface area contributed by atoms with Crippen molar-refractivity contribution in [3.8, 4) is 6.07 Å². The number of carbonyl (C=O) groups excluding carboxylic acids is 1. The Morgan fingerprint density at radius 1 is 1.45 bits per heavy atom. The first-order valence-electron chi connectivity index (χ1n) is 6.57. The highest BCUT2D eigenvalue weighted by Crippen LogP contribution is 2.34. The molecule has 0 fully saturated rings. The number of carbonyl (C=O) groups is 1. The van der Waals surface area contributed by atoms with Gasteiger partial charge in [0, 0.05) is 19.7 Å². The maximum Gasteiger partial charge on any atom is 0.263 e. The molecule has 20 heavy (non-hydrogen) atoms. The van der Waals surface area contributed by atoms with Crippen LogP contribution in [0.2, 0.25) is 0 Å². The summed E-state index contributed by atoms with van der Waals surface area (Å²) < 4.78 is 5.22. The Labute approximate surface area is 122 Å². The summed E-state index contributed by atoms with van der Waals surface area (Å²) in [6, 6.07) is 2.04. The standard InChI is InChI=1S/C13H20N4O2S/c1-3-5-16-12(18)11-10(15)9(8-14)13(20-11)17-6-7-19-4-2/h17H,3-7,15H2,1-2H3,(H,16,18). The van der Waals surface area contributed by atoms with E-state index in [2.05, 4.69) is 10.6 Å². The average molecular weight is 296 g/mol. The van der Waals surface area contributed by atoms with Crippen LogP contribution in [-0.2, 0) is 4.74 Å². The first kappa shape index (κ1) is 16.3.